The highest BCUT2D eigenvalue weighted by Crippen LogP contribution is 2.21. The molecule has 1 saturated heterocycles. The third kappa shape index (κ3) is 7.11. The maximum atomic E-state index is 12.0. The summed E-state index contributed by atoms with van der Waals surface area (Å²) in [7, 11) is 1.69. The quantitative estimate of drug-likeness (QED) is 0.363. The van der Waals surface area contributed by atoms with Crippen LogP contribution in [-0.4, -0.2) is 44.7 Å². The van der Waals surface area contributed by atoms with E-state index >= 15 is 0 Å². The molecule has 0 radical (unpaired) electrons. The highest BCUT2D eigenvalue weighted by molar-refractivity contribution is 14.0. The number of anilines is 1. The van der Waals surface area contributed by atoms with Crippen molar-refractivity contribution in [3.63, 3.8) is 0 Å². The fraction of sp³-hybridized carbons (Fsp3) is 0.579. The van der Waals surface area contributed by atoms with Crippen LogP contribution in [0.3, 0.4) is 0 Å². The Bertz CT molecular complexity index is 577. The van der Waals surface area contributed by atoms with Crippen LogP contribution in [0, 0.1) is 0 Å². The van der Waals surface area contributed by atoms with Crippen LogP contribution in [0.2, 0.25) is 0 Å². The number of guanidine groups is 1. The van der Waals surface area contributed by atoms with Crippen LogP contribution in [0.1, 0.15) is 38.7 Å². The van der Waals surface area contributed by atoms with Gasteiger partial charge in [-0.1, -0.05) is 12.1 Å². The number of methoxy groups -OCH3 is 1. The van der Waals surface area contributed by atoms with Gasteiger partial charge in [-0.25, -0.2) is 4.99 Å². The number of ether oxygens (including phenoxy) is 1. The number of aliphatic imine (C=N–C) groups is 1. The highest BCUT2D eigenvalue weighted by atomic mass is 127. The van der Waals surface area contributed by atoms with E-state index in [-0.39, 0.29) is 35.9 Å². The molecule has 0 aromatic heterocycles. The molecule has 1 aromatic rings. The molecule has 1 atom stereocenters. The summed E-state index contributed by atoms with van der Waals surface area (Å²) in [5.74, 6) is 1.00. The molecule has 6 nitrogen and oxygen atoms in total. The number of halogens is 1. The largest absolute Gasteiger partial charge is 0.383 e. The number of benzene rings is 1. The lowest BCUT2D eigenvalue weighted by Crippen LogP contribution is -2.43. The summed E-state index contributed by atoms with van der Waals surface area (Å²) < 4.78 is 5.15. The van der Waals surface area contributed by atoms with Crippen molar-refractivity contribution in [2.45, 2.75) is 45.7 Å². The van der Waals surface area contributed by atoms with E-state index in [0.29, 0.717) is 19.6 Å². The van der Waals surface area contributed by atoms with Gasteiger partial charge in [0.2, 0.25) is 5.91 Å². The molecule has 7 heteroatoms. The van der Waals surface area contributed by atoms with E-state index in [9.17, 15) is 4.79 Å². The summed E-state index contributed by atoms with van der Waals surface area (Å²) in [6.07, 6.45) is 2.74. The van der Waals surface area contributed by atoms with Crippen molar-refractivity contribution in [1.29, 1.82) is 0 Å². The number of amides is 1. The van der Waals surface area contributed by atoms with Gasteiger partial charge in [-0.15, -0.1) is 24.0 Å². The van der Waals surface area contributed by atoms with Crippen LogP contribution in [0.5, 0.6) is 0 Å². The van der Waals surface area contributed by atoms with Crippen molar-refractivity contribution < 1.29 is 9.53 Å². The molecular formula is C19H31IN4O2. The molecular weight excluding hydrogens is 443 g/mol. The normalized spacial score (nSPS) is 16.0. The standard InChI is InChI=1S/C19H30N4O2.HI/c1-4-20-19(22-15(2)14-25-3)21-13-16-8-10-17(11-9-16)23-12-6-5-7-18(23)24;/h8-11,15H,4-7,12-14H2,1-3H3,(H2,20,21,22);1H. The van der Waals surface area contributed by atoms with E-state index in [0.717, 1.165) is 43.1 Å². The van der Waals surface area contributed by atoms with Crippen LogP contribution >= 0.6 is 24.0 Å². The van der Waals surface area contributed by atoms with Gasteiger partial charge in [0.05, 0.1) is 13.2 Å². The van der Waals surface area contributed by atoms with Gasteiger partial charge in [-0.2, -0.15) is 0 Å². The lowest BCUT2D eigenvalue weighted by atomic mass is 10.1. The van der Waals surface area contributed by atoms with Crippen LogP contribution in [-0.2, 0) is 16.1 Å². The van der Waals surface area contributed by atoms with Crippen molar-refractivity contribution in [3.8, 4) is 0 Å². The zero-order valence-electron chi connectivity index (χ0n) is 16.0. The van der Waals surface area contributed by atoms with E-state index in [4.69, 9.17) is 4.74 Å². The Morgan fingerprint density at radius 1 is 1.31 bits per heavy atom. The molecule has 26 heavy (non-hydrogen) atoms. The molecule has 1 amide bonds. The fourth-order valence-corrected chi connectivity index (χ4v) is 2.88. The van der Waals surface area contributed by atoms with Gasteiger partial charge in [-0.05, 0) is 44.4 Å². The number of nitrogens with one attached hydrogen (secondary N) is 2. The summed E-state index contributed by atoms with van der Waals surface area (Å²) in [6, 6.07) is 8.31. The van der Waals surface area contributed by atoms with E-state index < -0.39 is 0 Å². The predicted molar refractivity (Wildman–Crippen MR) is 117 cm³/mol. The Morgan fingerprint density at radius 3 is 2.65 bits per heavy atom. The number of piperidine rings is 1. The smallest absolute Gasteiger partial charge is 0.226 e. The lowest BCUT2D eigenvalue weighted by Gasteiger charge is -2.26. The number of rotatable bonds is 7. The first-order chi connectivity index (χ1) is 12.1. The van der Waals surface area contributed by atoms with E-state index in [1.165, 1.54) is 0 Å². The number of hydrogen-bond acceptors (Lipinski definition) is 3. The van der Waals surface area contributed by atoms with Gasteiger partial charge in [-0.3, -0.25) is 4.79 Å². The minimum atomic E-state index is 0. The summed E-state index contributed by atoms with van der Waals surface area (Å²) in [6.45, 7) is 6.94. The van der Waals surface area contributed by atoms with Gasteiger partial charge in [0.25, 0.3) is 0 Å². The molecule has 2 N–H and O–H groups in total. The second-order valence-electron chi connectivity index (χ2n) is 6.36. The average Bonchev–Trinajstić information content (AvgIpc) is 2.61. The first-order valence-corrected chi connectivity index (χ1v) is 9.07. The van der Waals surface area contributed by atoms with Gasteiger partial charge in [0, 0.05) is 38.3 Å². The minimum Gasteiger partial charge on any atom is -0.383 e. The summed E-state index contributed by atoms with van der Waals surface area (Å²) >= 11 is 0. The predicted octanol–water partition coefficient (Wildman–Crippen LogP) is 2.91. The average molecular weight is 474 g/mol. The Labute approximate surface area is 173 Å². The molecule has 0 saturated carbocycles. The van der Waals surface area contributed by atoms with E-state index in [1.807, 2.05) is 36.1 Å². The van der Waals surface area contributed by atoms with E-state index in [1.54, 1.807) is 7.11 Å². The minimum absolute atomic E-state index is 0. The molecule has 146 valence electrons. The van der Waals surface area contributed by atoms with Gasteiger partial charge < -0.3 is 20.3 Å². The molecule has 1 aromatic carbocycles. The van der Waals surface area contributed by atoms with Crippen LogP contribution in [0.25, 0.3) is 0 Å². The number of hydrogen-bond donors (Lipinski definition) is 2. The van der Waals surface area contributed by atoms with Crippen molar-refractivity contribution in [2.75, 3.05) is 31.7 Å². The molecule has 1 heterocycles. The van der Waals surface area contributed by atoms with E-state index in [2.05, 4.69) is 22.5 Å². The van der Waals surface area contributed by atoms with Crippen LogP contribution < -0.4 is 15.5 Å². The number of nitrogens with zero attached hydrogens (tertiary/aromatic N) is 2. The van der Waals surface area contributed by atoms with Crippen LogP contribution in [0.15, 0.2) is 29.3 Å². The molecule has 1 fully saturated rings. The zero-order valence-corrected chi connectivity index (χ0v) is 18.3. The first kappa shape index (κ1) is 22.7. The monoisotopic (exact) mass is 474 g/mol. The third-order valence-electron chi connectivity index (χ3n) is 4.14. The number of carbonyl (C=O) groups is 1. The third-order valence-corrected chi connectivity index (χ3v) is 4.14. The van der Waals surface area contributed by atoms with Crippen molar-refractivity contribution in [2.24, 2.45) is 4.99 Å². The van der Waals surface area contributed by atoms with Crippen LogP contribution in [0.4, 0.5) is 5.69 Å². The van der Waals surface area contributed by atoms with Gasteiger partial charge >= 0.3 is 0 Å². The van der Waals surface area contributed by atoms with Gasteiger partial charge in [0.15, 0.2) is 5.96 Å². The SMILES string of the molecule is CCNC(=NCc1ccc(N2CCCCC2=O)cc1)NC(C)COC.I. The lowest BCUT2D eigenvalue weighted by molar-refractivity contribution is -0.119. The maximum Gasteiger partial charge on any atom is 0.226 e. The van der Waals surface area contributed by atoms with Crippen molar-refractivity contribution in [1.82, 2.24) is 10.6 Å². The summed E-state index contributed by atoms with van der Waals surface area (Å²) in [4.78, 5) is 18.5. The Morgan fingerprint density at radius 2 is 2.04 bits per heavy atom. The zero-order chi connectivity index (χ0) is 18.1. The molecule has 0 bridgehead atoms. The molecule has 1 unspecified atom stereocenters. The molecule has 0 spiro atoms. The Kier molecular flexibility index (Phi) is 10.6. The Hall–Kier alpha value is -1.35. The highest BCUT2D eigenvalue weighted by Gasteiger charge is 2.19. The van der Waals surface area contributed by atoms with Gasteiger partial charge in [0.1, 0.15) is 0 Å². The molecule has 2 rings (SSSR count). The second kappa shape index (κ2) is 12.1. The first-order valence-electron chi connectivity index (χ1n) is 9.07. The number of carbonyl (C=O) groups excluding carboxylic acids is 1. The molecule has 1 aliphatic rings. The summed E-state index contributed by atoms with van der Waals surface area (Å²) in [5, 5.41) is 6.56. The maximum absolute atomic E-state index is 12.0. The molecule has 0 aliphatic carbocycles. The molecule has 1 aliphatic heterocycles. The van der Waals surface area contributed by atoms with Crippen molar-refractivity contribution >= 4 is 41.5 Å². The fourth-order valence-electron chi connectivity index (χ4n) is 2.88. The second-order valence-corrected chi connectivity index (χ2v) is 6.36. The summed E-state index contributed by atoms with van der Waals surface area (Å²) in [5.41, 5.74) is 2.10. The Balaban J connectivity index is 0.00000338. The topological polar surface area (TPSA) is 66.0 Å². The van der Waals surface area contributed by atoms with Crippen molar-refractivity contribution in [3.05, 3.63) is 29.8 Å².